The van der Waals surface area contributed by atoms with Crippen molar-refractivity contribution >= 4 is 11.6 Å². The summed E-state index contributed by atoms with van der Waals surface area (Å²) in [6.45, 7) is 5.01. The van der Waals surface area contributed by atoms with E-state index in [-0.39, 0.29) is 11.8 Å². The van der Waals surface area contributed by atoms with Gasteiger partial charge in [-0.25, -0.2) is 4.99 Å². The van der Waals surface area contributed by atoms with Gasteiger partial charge in [0, 0.05) is 5.56 Å². The molecule has 2 heterocycles. The minimum Gasteiger partial charge on any atom is -0.497 e. The second-order valence-electron chi connectivity index (χ2n) is 7.82. The molecule has 6 heteroatoms. The number of hydrogen-bond acceptors (Lipinski definition) is 4. The molecule has 0 radical (unpaired) electrons. The molecule has 160 valence electrons. The molecule has 0 saturated heterocycles. The largest absolute Gasteiger partial charge is 0.497 e. The first-order valence-corrected chi connectivity index (χ1v) is 10.5. The molecule has 4 rings (SSSR count). The molecule has 0 fully saturated rings. The number of methoxy groups -OCH3 is 1. The van der Waals surface area contributed by atoms with Crippen LogP contribution in [0.5, 0.6) is 17.4 Å². The summed E-state index contributed by atoms with van der Waals surface area (Å²) in [7, 11) is 1.60. The van der Waals surface area contributed by atoms with Crippen LogP contribution >= 0.6 is 0 Å². The molecule has 31 heavy (non-hydrogen) atoms. The van der Waals surface area contributed by atoms with Crippen molar-refractivity contribution in [3.05, 3.63) is 65.2 Å². The highest BCUT2D eigenvalue weighted by atomic mass is 16.5. The molecular weight excluding hydrogens is 392 g/mol. The van der Waals surface area contributed by atoms with Crippen molar-refractivity contribution in [3.8, 4) is 28.6 Å². The van der Waals surface area contributed by atoms with Crippen LogP contribution in [0, 0.1) is 5.92 Å². The maximum Gasteiger partial charge on any atom is 0.280 e. The van der Waals surface area contributed by atoms with E-state index < -0.39 is 0 Å². The van der Waals surface area contributed by atoms with Gasteiger partial charge in [-0.15, -0.1) is 0 Å². The van der Waals surface area contributed by atoms with E-state index in [0.717, 1.165) is 29.7 Å². The summed E-state index contributed by atoms with van der Waals surface area (Å²) >= 11 is 0. The van der Waals surface area contributed by atoms with Crippen molar-refractivity contribution in [2.75, 3.05) is 13.7 Å². The van der Waals surface area contributed by atoms with Gasteiger partial charge in [0.2, 0.25) is 0 Å². The van der Waals surface area contributed by atoms with Gasteiger partial charge in [-0.3, -0.25) is 4.79 Å². The van der Waals surface area contributed by atoms with E-state index in [4.69, 9.17) is 9.47 Å². The highest BCUT2D eigenvalue weighted by Crippen LogP contribution is 2.38. The monoisotopic (exact) mass is 418 g/mol. The van der Waals surface area contributed by atoms with Gasteiger partial charge in [0.25, 0.3) is 5.91 Å². The van der Waals surface area contributed by atoms with Crippen LogP contribution in [0.4, 0.5) is 0 Å². The van der Waals surface area contributed by atoms with Crippen LogP contribution in [0.1, 0.15) is 48.2 Å². The van der Waals surface area contributed by atoms with E-state index in [9.17, 15) is 9.90 Å². The first kappa shape index (κ1) is 20.7. The number of fused-ring (bicyclic) bond motifs is 1. The Morgan fingerprint density at radius 1 is 1.00 bits per heavy atom. The number of aromatic amines is 1. The summed E-state index contributed by atoms with van der Waals surface area (Å²) in [6.07, 6.45) is 2.27. The Hall–Kier alpha value is -3.54. The fourth-order valence-corrected chi connectivity index (χ4v) is 3.85. The van der Waals surface area contributed by atoms with Gasteiger partial charge < -0.3 is 19.6 Å². The minimum atomic E-state index is -0.374. The van der Waals surface area contributed by atoms with Gasteiger partial charge >= 0.3 is 0 Å². The lowest BCUT2D eigenvalue weighted by Crippen LogP contribution is -2.08. The quantitative estimate of drug-likeness (QED) is 0.526. The Morgan fingerprint density at radius 2 is 1.65 bits per heavy atom. The number of amides is 1. The van der Waals surface area contributed by atoms with Crippen molar-refractivity contribution in [1.29, 1.82) is 0 Å². The average molecular weight is 418 g/mol. The molecule has 2 N–H and O–H groups in total. The first-order chi connectivity index (χ1) is 15.0. The fraction of sp³-hybridized carbons (Fsp3) is 0.280. The number of aromatic hydroxyl groups is 1. The fourth-order valence-electron chi connectivity index (χ4n) is 3.85. The van der Waals surface area contributed by atoms with E-state index in [2.05, 4.69) is 23.8 Å². The van der Waals surface area contributed by atoms with Gasteiger partial charge in [-0.05, 0) is 66.4 Å². The first-order valence-electron chi connectivity index (χ1n) is 10.5. The van der Waals surface area contributed by atoms with Crippen molar-refractivity contribution in [3.63, 3.8) is 0 Å². The topological polar surface area (TPSA) is 83.9 Å². The summed E-state index contributed by atoms with van der Waals surface area (Å²) in [5, 5.41) is 10.6. The van der Waals surface area contributed by atoms with Crippen LogP contribution < -0.4 is 9.47 Å². The zero-order chi connectivity index (χ0) is 22.0. The summed E-state index contributed by atoms with van der Waals surface area (Å²) < 4.78 is 11.1. The highest BCUT2D eigenvalue weighted by Gasteiger charge is 2.33. The predicted octanol–water partition coefficient (Wildman–Crippen LogP) is 5.20. The third-order valence-corrected chi connectivity index (χ3v) is 5.47. The lowest BCUT2D eigenvalue weighted by atomic mass is 10.00. The third-order valence-electron chi connectivity index (χ3n) is 5.47. The molecule has 1 aliphatic rings. The van der Waals surface area contributed by atoms with Crippen molar-refractivity contribution in [2.24, 2.45) is 10.9 Å². The third kappa shape index (κ3) is 4.06. The normalized spacial score (nSPS) is 13.6. The SMILES string of the molecule is CCCC(C)COc1ccc(C2=NC(=O)c3c(-c4ccc(OC)cc4)[nH]c(O)c32)cc1. The number of nitrogens with zero attached hydrogens (tertiary/aromatic N) is 1. The zero-order valence-electron chi connectivity index (χ0n) is 17.9. The molecule has 1 amide bonds. The number of nitrogens with one attached hydrogen (secondary N) is 1. The van der Waals surface area contributed by atoms with Crippen molar-refractivity contribution in [1.82, 2.24) is 4.98 Å². The number of carbonyl (C=O) groups excluding carboxylic acids is 1. The molecule has 2 aromatic carbocycles. The summed E-state index contributed by atoms with van der Waals surface area (Å²) in [5.74, 6) is 1.54. The van der Waals surface area contributed by atoms with E-state index in [1.807, 2.05) is 36.4 Å². The summed E-state index contributed by atoms with van der Waals surface area (Å²) in [5.41, 5.74) is 3.33. The molecule has 6 nitrogen and oxygen atoms in total. The Kier molecular flexibility index (Phi) is 5.80. The van der Waals surface area contributed by atoms with E-state index >= 15 is 0 Å². The van der Waals surface area contributed by atoms with Gasteiger partial charge in [0.05, 0.1) is 36.2 Å². The van der Waals surface area contributed by atoms with Gasteiger partial charge in [-0.2, -0.15) is 0 Å². The van der Waals surface area contributed by atoms with Gasteiger partial charge in [0.1, 0.15) is 11.5 Å². The zero-order valence-corrected chi connectivity index (χ0v) is 17.9. The van der Waals surface area contributed by atoms with E-state index in [1.165, 1.54) is 0 Å². The van der Waals surface area contributed by atoms with Crippen LogP contribution in [0.2, 0.25) is 0 Å². The smallest absolute Gasteiger partial charge is 0.280 e. The summed E-state index contributed by atoms with van der Waals surface area (Å²) in [4.78, 5) is 19.9. The Morgan fingerprint density at radius 3 is 2.29 bits per heavy atom. The second kappa shape index (κ2) is 8.68. The minimum absolute atomic E-state index is 0.0702. The number of aromatic nitrogens is 1. The number of rotatable bonds is 8. The Bertz CT molecular complexity index is 1110. The van der Waals surface area contributed by atoms with Gasteiger partial charge in [0.15, 0.2) is 5.88 Å². The molecule has 1 atom stereocenters. The predicted molar refractivity (Wildman–Crippen MR) is 120 cm³/mol. The molecule has 1 aromatic heterocycles. The number of ether oxygens (including phenoxy) is 2. The van der Waals surface area contributed by atoms with Crippen LogP contribution in [0.3, 0.4) is 0 Å². The highest BCUT2D eigenvalue weighted by molar-refractivity contribution is 6.30. The molecule has 1 aliphatic heterocycles. The van der Waals surface area contributed by atoms with Crippen LogP contribution in [-0.2, 0) is 0 Å². The van der Waals surface area contributed by atoms with E-state index in [0.29, 0.717) is 40.8 Å². The molecule has 0 spiro atoms. The Balaban J connectivity index is 1.59. The maximum absolute atomic E-state index is 12.7. The number of H-pyrrole nitrogens is 1. The standard InChI is InChI=1S/C25H26N2O4/c1-4-5-15(2)14-31-19-12-8-17(9-13-19)23-21-20(24(28)27-23)22(26-25(21)29)16-6-10-18(30-3)11-7-16/h6-13,15,26,29H,4-5,14H2,1-3H3. The van der Waals surface area contributed by atoms with Crippen LogP contribution in [0.15, 0.2) is 53.5 Å². The molecule has 3 aromatic rings. The molecular formula is C25H26N2O4. The number of benzene rings is 2. The second-order valence-corrected chi connectivity index (χ2v) is 7.82. The maximum atomic E-state index is 12.7. The molecule has 1 unspecified atom stereocenters. The summed E-state index contributed by atoms with van der Waals surface area (Å²) in [6, 6.07) is 14.7. The lowest BCUT2D eigenvalue weighted by Gasteiger charge is -2.12. The van der Waals surface area contributed by atoms with E-state index in [1.54, 1.807) is 19.2 Å². The molecule has 0 saturated carbocycles. The number of carbonyl (C=O) groups is 1. The Labute approximate surface area is 181 Å². The van der Waals surface area contributed by atoms with Crippen molar-refractivity contribution < 1.29 is 19.4 Å². The van der Waals surface area contributed by atoms with Crippen LogP contribution in [-0.4, -0.2) is 35.4 Å². The molecule has 0 bridgehead atoms. The molecule has 0 aliphatic carbocycles. The van der Waals surface area contributed by atoms with Gasteiger partial charge in [-0.1, -0.05) is 20.3 Å². The average Bonchev–Trinajstić information content (AvgIpc) is 3.31. The number of hydrogen-bond donors (Lipinski definition) is 2. The van der Waals surface area contributed by atoms with Crippen molar-refractivity contribution in [2.45, 2.75) is 26.7 Å². The van der Waals surface area contributed by atoms with Crippen LogP contribution in [0.25, 0.3) is 11.3 Å². The number of aliphatic imine (C=N–C) groups is 1. The lowest BCUT2D eigenvalue weighted by molar-refractivity contribution is 0.101.